The largest absolute Gasteiger partial charge is 0.476 e. The Labute approximate surface area is 117 Å². The van der Waals surface area contributed by atoms with Crippen molar-refractivity contribution in [2.24, 2.45) is 5.92 Å². The molecule has 0 saturated heterocycles. The van der Waals surface area contributed by atoms with E-state index in [1.54, 1.807) is 4.40 Å². The molecule has 0 spiro atoms. The van der Waals surface area contributed by atoms with Crippen molar-refractivity contribution < 1.29 is 9.53 Å². The fraction of sp³-hybridized carbons (Fsp3) is 0.571. The van der Waals surface area contributed by atoms with E-state index in [2.05, 4.69) is 18.8 Å². The van der Waals surface area contributed by atoms with Crippen molar-refractivity contribution in [3.63, 3.8) is 0 Å². The molecule has 2 rings (SSSR count). The Bertz CT molecular complexity index is 533. The number of aromatic nitrogens is 2. The van der Waals surface area contributed by atoms with Gasteiger partial charge in [0.15, 0.2) is 16.9 Å². The molecule has 0 bridgehead atoms. The molecular formula is C14H20N2O2S. The minimum Gasteiger partial charge on any atom is -0.476 e. The van der Waals surface area contributed by atoms with Crippen molar-refractivity contribution in [3.05, 3.63) is 17.3 Å². The van der Waals surface area contributed by atoms with E-state index in [4.69, 9.17) is 4.74 Å². The number of nitrogens with zero attached hydrogens (tertiary/aromatic N) is 2. The zero-order valence-electron chi connectivity index (χ0n) is 11.5. The molecule has 5 heteroatoms. The second-order valence-electron chi connectivity index (χ2n) is 4.70. The number of thiazole rings is 1. The van der Waals surface area contributed by atoms with E-state index >= 15 is 0 Å². The molecule has 19 heavy (non-hydrogen) atoms. The molecule has 4 nitrogen and oxygen atoms in total. The van der Waals surface area contributed by atoms with Crippen LogP contribution in [0.3, 0.4) is 0 Å². The van der Waals surface area contributed by atoms with Crippen molar-refractivity contribution in [1.82, 2.24) is 9.38 Å². The van der Waals surface area contributed by atoms with Crippen LogP contribution in [0, 0.1) is 5.92 Å². The van der Waals surface area contributed by atoms with Gasteiger partial charge >= 0.3 is 0 Å². The molecule has 1 atom stereocenters. The average Bonchev–Trinajstić information content (AvgIpc) is 2.99. The van der Waals surface area contributed by atoms with E-state index in [-0.39, 0.29) is 0 Å². The number of rotatable bonds is 8. The van der Waals surface area contributed by atoms with Gasteiger partial charge in [-0.1, -0.05) is 33.1 Å². The molecule has 0 N–H and O–H groups in total. The minimum absolute atomic E-state index is 0.469. The fourth-order valence-corrected chi connectivity index (χ4v) is 2.80. The van der Waals surface area contributed by atoms with Crippen LogP contribution < -0.4 is 4.74 Å². The molecule has 2 aromatic rings. The van der Waals surface area contributed by atoms with E-state index in [1.807, 2.05) is 11.6 Å². The van der Waals surface area contributed by atoms with E-state index < -0.39 is 0 Å². The number of hydrogen-bond acceptors (Lipinski definition) is 4. The predicted octanol–water partition coefficient (Wildman–Crippen LogP) is 3.80. The molecule has 2 aromatic heterocycles. The number of unbranched alkanes of at least 4 members (excludes halogenated alkanes) is 1. The summed E-state index contributed by atoms with van der Waals surface area (Å²) in [5.41, 5.74) is 0.515. The van der Waals surface area contributed by atoms with Crippen LogP contribution >= 0.6 is 11.3 Å². The maximum Gasteiger partial charge on any atom is 0.244 e. The Balaban J connectivity index is 2.03. The van der Waals surface area contributed by atoms with Crippen LogP contribution in [0.5, 0.6) is 5.88 Å². The maximum absolute atomic E-state index is 11.2. The minimum atomic E-state index is 0.469. The van der Waals surface area contributed by atoms with Crippen LogP contribution in [0.4, 0.5) is 0 Å². The zero-order valence-corrected chi connectivity index (χ0v) is 12.3. The monoisotopic (exact) mass is 280 g/mol. The zero-order chi connectivity index (χ0) is 13.7. The quantitative estimate of drug-likeness (QED) is 0.691. The lowest BCUT2D eigenvalue weighted by Gasteiger charge is -2.14. The third-order valence-corrected chi connectivity index (χ3v) is 4.13. The molecule has 1 unspecified atom stereocenters. The Morgan fingerprint density at radius 1 is 1.53 bits per heavy atom. The molecule has 0 aliphatic heterocycles. The Hall–Kier alpha value is -1.36. The summed E-state index contributed by atoms with van der Waals surface area (Å²) in [5, 5.41) is 1.91. The molecule has 0 aliphatic rings. The smallest absolute Gasteiger partial charge is 0.244 e. The van der Waals surface area contributed by atoms with Crippen molar-refractivity contribution in [2.75, 3.05) is 6.61 Å². The number of carbonyl (C=O) groups excluding carboxylic acids is 1. The summed E-state index contributed by atoms with van der Waals surface area (Å²) >= 11 is 1.50. The Morgan fingerprint density at radius 3 is 3.05 bits per heavy atom. The lowest BCUT2D eigenvalue weighted by atomic mass is 10.0. The topological polar surface area (TPSA) is 43.6 Å². The normalized spacial score (nSPS) is 12.7. The predicted molar refractivity (Wildman–Crippen MR) is 77.3 cm³/mol. The van der Waals surface area contributed by atoms with Gasteiger partial charge in [-0.05, 0) is 12.3 Å². The maximum atomic E-state index is 11.2. The third-order valence-electron chi connectivity index (χ3n) is 3.38. The number of imidazole rings is 1. The summed E-state index contributed by atoms with van der Waals surface area (Å²) in [6.07, 6.45) is 7.36. The van der Waals surface area contributed by atoms with Gasteiger partial charge in [-0.25, -0.2) is 0 Å². The van der Waals surface area contributed by atoms with Gasteiger partial charge in [0.05, 0.1) is 6.61 Å². The first-order valence-corrected chi connectivity index (χ1v) is 7.71. The highest BCUT2D eigenvalue weighted by molar-refractivity contribution is 7.15. The van der Waals surface area contributed by atoms with Crippen LogP contribution in [0.15, 0.2) is 11.6 Å². The lowest BCUT2D eigenvalue weighted by molar-refractivity contribution is 0.111. The van der Waals surface area contributed by atoms with Crippen LogP contribution in [0.2, 0.25) is 0 Å². The summed E-state index contributed by atoms with van der Waals surface area (Å²) in [5.74, 6) is 1.01. The van der Waals surface area contributed by atoms with E-state index in [1.165, 1.54) is 30.6 Å². The molecule has 104 valence electrons. The van der Waals surface area contributed by atoms with E-state index in [0.29, 0.717) is 24.1 Å². The van der Waals surface area contributed by atoms with Crippen molar-refractivity contribution >= 4 is 22.6 Å². The second-order valence-corrected chi connectivity index (χ2v) is 5.58. The summed E-state index contributed by atoms with van der Waals surface area (Å²) in [6.45, 7) is 5.01. The Kier molecular flexibility index (Phi) is 4.96. The fourth-order valence-electron chi connectivity index (χ4n) is 2.09. The highest BCUT2D eigenvalue weighted by Gasteiger charge is 2.15. The number of hydrogen-bond donors (Lipinski definition) is 0. The SMILES string of the molecule is CCCCC(CC)COc1nc2sccn2c1C=O. The van der Waals surface area contributed by atoms with E-state index in [9.17, 15) is 4.79 Å². The summed E-state index contributed by atoms with van der Waals surface area (Å²) in [4.78, 5) is 16.3. The molecule has 0 fully saturated rings. The number of ether oxygens (including phenoxy) is 1. The summed E-state index contributed by atoms with van der Waals surface area (Å²) in [6, 6.07) is 0. The molecule has 0 amide bonds. The van der Waals surface area contributed by atoms with Gasteiger partial charge < -0.3 is 4.74 Å². The van der Waals surface area contributed by atoms with Crippen LogP contribution in [0.25, 0.3) is 4.96 Å². The van der Waals surface area contributed by atoms with Gasteiger partial charge in [0.2, 0.25) is 5.88 Å². The van der Waals surface area contributed by atoms with Gasteiger partial charge in [-0.15, -0.1) is 11.3 Å². The van der Waals surface area contributed by atoms with Gasteiger partial charge in [-0.2, -0.15) is 4.98 Å². The highest BCUT2D eigenvalue weighted by atomic mass is 32.1. The first-order valence-electron chi connectivity index (χ1n) is 6.83. The van der Waals surface area contributed by atoms with Crippen LogP contribution in [-0.2, 0) is 0 Å². The Morgan fingerprint density at radius 2 is 2.37 bits per heavy atom. The van der Waals surface area contributed by atoms with Crippen molar-refractivity contribution in [3.8, 4) is 5.88 Å². The first-order chi connectivity index (χ1) is 9.30. The molecule has 0 saturated carbocycles. The van der Waals surface area contributed by atoms with Gasteiger partial charge in [0.25, 0.3) is 0 Å². The molecule has 2 heterocycles. The summed E-state index contributed by atoms with van der Waals surface area (Å²) < 4.78 is 7.54. The molecule has 0 aromatic carbocycles. The van der Waals surface area contributed by atoms with Crippen LogP contribution in [0.1, 0.15) is 50.0 Å². The lowest BCUT2D eigenvalue weighted by Crippen LogP contribution is -2.12. The van der Waals surface area contributed by atoms with Crippen LogP contribution in [-0.4, -0.2) is 22.3 Å². The van der Waals surface area contributed by atoms with Crippen molar-refractivity contribution in [2.45, 2.75) is 39.5 Å². The second kappa shape index (κ2) is 6.70. The number of carbonyl (C=O) groups is 1. The van der Waals surface area contributed by atoms with Gasteiger partial charge in [0, 0.05) is 11.6 Å². The van der Waals surface area contributed by atoms with E-state index in [0.717, 1.165) is 17.7 Å². The van der Waals surface area contributed by atoms with Gasteiger partial charge in [0.1, 0.15) is 0 Å². The third kappa shape index (κ3) is 3.15. The average molecular weight is 280 g/mol. The molecular weight excluding hydrogens is 260 g/mol. The van der Waals surface area contributed by atoms with Crippen molar-refractivity contribution in [1.29, 1.82) is 0 Å². The molecule has 0 aliphatic carbocycles. The number of fused-ring (bicyclic) bond motifs is 1. The standard InChI is InChI=1S/C14H20N2O2S/c1-3-5-6-11(4-2)10-18-13-12(9-17)16-7-8-19-14(16)15-13/h7-9,11H,3-6,10H2,1-2H3. The number of aldehydes is 1. The highest BCUT2D eigenvalue weighted by Crippen LogP contribution is 2.23. The summed E-state index contributed by atoms with van der Waals surface area (Å²) in [7, 11) is 0. The first kappa shape index (κ1) is 14.1. The van der Waals surface area contributed by atoms with Gasteiger partial charge in [-0.3, -0.25) is 9.20 Å². The molecule has 0 radical (unpaired) electrons.